The van der Waals surface area contributed by atoms with Crippen molar-refractivity contribution in [3.63, 3.8) is 0 Å². The number of hydrogen-bond donors (Lipinski definition) is 0. The summed E-state index contributed by atoms with van der Waals surface area (Å²) in [5, 5.41) is 0. The van der Waals surface area contributed by atoms with Gasteiger partial charge in [-0.25, -0.2) is 0 Å². The lowest BCUT2D eigenvalue weighted by molar-refractivity contribution is -0.144. The van der Waals surface area contributed by atoms with E-state index in [2.05, 4.69) is 0 Å². The lowest BCUT2D eigenvalue weighted by Gasteiger charge is -2.07. The van der Waals surface area contributed by atoms with E-state index in [0.717, 1.165) is 64.2 Å². The molecule has 0 unspecified atom stereocenters. The van der Waals surface area contributed by atoms with Crippen molar-refractivity contribution in [2.24, 2.45) is 0 Å². The number of carbonyl (C=O) groups excluding carboxylic acids is 2. The van der Waals surface area contributed by atoms with Crippen molar-refractivity contribution in [1.29, 1.82) is 0 Å². The first-order valence-corrected chi connectivity index (χ1v) is 10.1. The van der Waals surface area contributed by atoms with E-state index in [1.54, 1.807) is 0 Å². The fraction of sp³-hybridized carbons (Fsp3) is 0.900. The highest BCUT2D eigenvalue weighted by Crippen LogP contribution is 2.12. The molecule has 0 saturated carbocycles. The van der Waals surface area contributed by atoms with E-state index >= 15 is 0 Å². The Kier molecular flexibility index (Phi) is 13.5. The van der Waals surface area contributed by atoms with Crippen molar-refractivity contribution in [1.82, 2.24) is 0 Å². The van der Waals surface area contributed by atoms with Gasteiger partial charge in [-0.1, -0.05) is 64.2 Å². The van der Waals surface area contributed by atoms with Crippen molar-refractivity contribution >= 4 is 11.9 Å². The smallest absolute Gasteiger partial charge is 0.305 e. The Bertz CT molecular complexity index is 298. The van der Waals surface area contributed by atoms with Crippen molar-refractivity contribution < 1.29 is 19.1 Å². The Hall–Kier alpha value is -1.06. The van der Waals surface area contributed by atoms with Crippen LogP contribution in [0.25, 0.3) is 0 Å². The van der Waals surface area contributed by atoms with Gasteiger partial charge in [0.05, 0.1) is 13.2 Å². The molecule has 1 fully saturated rings. The summed E-state index contributed by atoms with van der Waals surface area (Å²) in [6.07, 6.45) is 16.5. The summed E-state index contributed by atoms with van der Waals surface area (Å²) >= 11 is 0. The normalized spacial score (nSPS) is 22.5. The predicted octanol–water partition coefficient (Wildman–Crippen LogP) is 5.33. The monoisotopic (exact) mass is 340 g/mol. The van der Waals surface area contributed by atoms with Gasteiger partial charge in [0, 0.05) is 12.8 Å². The molecule has 0 spiro atoms. The molecule has 0 aromatic carbocycles. The number of cyclic esters (lactones) is 2. The number of hydrogen-bond acceptors (Lipinski definition) is 4. The van der Waals surface area contributed by atoms with E-state index < -0.39 is 0 Å². The highest BCUT2D eigenvalue weighted by atomic mass is 16.5. The minimum absolute atomic E-state index is 0.0318. The minimum Gasteiger partial charge on any atom is -0.466 e. The van der Waals surface area contributed by atoms with Crippen LogP contribution < -0.4 is 0 Å². The second-order valence-corrected chi connectivity index (χ2v) is 6.89. The second-order valence-electron chi connectivity index (χ2n) is 6.89. The third-order valence-corrected chi connectivity index (χ3v) is 4.58. The summed E-state index contributed by atoms with van der Waals surface area (Å²) in [5.74, 6) is -0.0697. The highest BCUT2D eigenvalue weighted by Gasteiger charge is 2.04. The summed E-state index contributed by atoms with van der Waals surface area (Å²) in [4.78, 5) is 23.2. The molecule has 24 heavy (non-hydrogen) atoms. The molecular weight excluding hydrogens is 304 g/mol. The van der Waals surface area contributed by atoms with Crippen LogP contribution in [0.1, 0.15) is 103 Å². The summed E-state index contributed by atoms with van der Waals surface area (Å²) in [6.45, 7) is 1.14. The van der Waals surface area contributed by atoms with Crippen LogP contribution in [0.3, 0.4) is 0 Å². The lowest BCUT2D eigenvalue weighted by atomic mass is 10.1. The zero-order chi connectivity index (χ0) is 17.3. The van der Waals surface area contributed by atoms with Crippen molar-refractivity contribution in [3.05, 3.63) is 0 Å². The number of rotatable bonds is 0. The van der Waals surface area contributed by atoms with Crippen LogP contribution in [0.2, 0.25) is 0 Å². The summed E-state index contributed by atoms with van der Waals surface area (Å²) in [7, 11) is 0. The van der Waals surface area contributed by atoms with Gasteiger partial charge < -0.3 is 9.47 Å². The molecule has 1 rings (SSSR count). The molecule has 4 nitrogen and oxygen atoms in total. The molecular formula is C20H36O4. The maximum atomic E-state index is 11.6. The van der Waals surface area contributed by atoms with Gasteiger partial charge in [-0.05, 0) is 25.7 Å². The van der Waals surface area contributed by atoms with Crippen LogP contribution in [0.15, 0.2) is 0 Å². The molecule has 0 aliphatic carbocycles. The maximum absolute atomic E-state index is 11.6. The Labute approximate surface area is 147 Å². The Morgan fingerprint density at radius 2 is 0.708 bits per heavy atom. The summed E-state index contributed by atoms with van der Waals surface area (Å²) < 4.78 is 10.5. The predicted molar refractivity (Wildman–Crippen MR) is 95.8 cm³/mol. The first kappa shape index (κ1) is 21.0. The molecule has 0 aromatic rings. The van der Waals surface area contributed by atoms with Gasteiger partial charge in [0.1, 0.15) is 0 Å². The first-order valence-electron chi connectivity index (χ1n) is 10.1. The van der Waals surface area contributed by atoms with E-state index in [9.17, 15) is 9.59 Å². The Balaban J connectivity index is 2.16. The zero-order valence-corrected chi connectivity index (χ0v) is 15.4. The van der Waals surface area contributed by atoms with E-state index in [0.29, 0.717) is 26.1 Å². The van der Waals surface area contributed by atoms with E-state index in [1.165, 1.54) is 25.7 Å². The largest absolute Gasteiger partial charge is 0.466 e. The average molecular weight is 341 g/mol. The number of carbonyl (C=O) groups is 2. The molecule has 1 aliphatic rings. The molecule has 0 amide bonds. The van der Waals surface area contributed by atoms with Gasteiger partial charge in [-0.15, -0.1) is 0 Å². The standard InChI is InChI=1S/C20H36O4/c21-19-15-11-7-3-1-2-5-9-13-17-23-20(22)16-12-8-4-6-10-14-18-24-19/h1-18H2. The molecule has 1 saturated heterocycles. The topological polar surface area (TPSA) is 52.6 Å². The molecule has 0 aromatic heterocycles. The molecule has 0 radical (unpaired) electrons. The first-order chi connectivity index (χ1) is 11.8. The van der Waals surface area contributed by atoms with Crippen LogP contribution in [-0.4, -0.2) is 25.2 Å². The van der Waals surface area contributed by atoms with Crippen molar-refractivity contribution in [3.8, 4) is 0 Å². The fourth-order valence-corrected chi connectivity index (χ4v) is 3.03. The van der Waals surface area contributed by atoms with E-state index in [1.807, 2.05) is 0 Å². The molecule has 0 bridgehead atoms. The van der Waals surface area contributed by atoms with Crippen LogP contribution in [0.5, 0.6) is 0 Å². The SMILES string of the molecule is O=C1CCCCCCCCCCOC(=O)CCCCCCCCO1. The Morgan fingerprint density at radius 1 is 0.417 bits per heavy atom. The van der Waals surface area contributed by atoms with Gasteiger partial charge in [-0.2, -0.15) is 0 Å². The average Bonchev–Trinajstić information content (AvgIpc) is 2.57. The molecule has 0 N–H and O–H groups in total. The number of ether oxygens (including phenoxy) is 2. The zero-order valence-electron chi connectivity index (χ0n) is 15.4. The molecule has 4 heteroatoms. The maximum Gasteiger partial charge on any atom is 0.305 e. The highest BCUT2D eigenvalue weighted by molar-refractivity contribution is 5.69. The van der Waals surface area contributed by atoms with Crippen LogP contribution in [0.4, 0.5) is 0 Å². The molecule has 1 aliphatic heterocycles. The third-order valence-electron chi connectivity index (χ3n) is 4.58. The molecule has 1 heterocycles. The number of esters is 2. The van der Waals surface area contributed by atoms with Crippen molar-refractivity contribution in [2.45, 2.75) is 103 Å². The minimum atomic E-state index is -0.0379. The summed E-state index contributed by atoms with van der Waals surface area (Å²) in [6, 6.07) is 0. The van der Waals surface area contributed by atoms with Gasteiger partial charge >= 0.3 is 11.9 Å². The van der Waals surface area contributed by atoms with Crippen LogP contribution >= 0.6 is 0 Å². The van der Waals surface area contributed by atoms with Gasteiger partial charge in [0.15, 0.2) is 0 Å². The quantitative estimate of drug-likeness (QED) is 0.559. The fourth-order valence-electron chi connectivity index (χ4n) is 3.03. The van der Waals surface area contributed by atoms with Gasteiger partial charge in [-0.3, -0.25) is 9.59 Å². The molecule has 0 atom stereocenters. The van der Waals surface area contributed by atoms with Crippen LogP contribution in [-0.2, 0) is 19.1 Å². The van der Waals surface area contributed by atoms with Gasteiger partial charge in [0.2, 0.25) is 0 Å². The summed E-state index contributed by atoms with van der Waals surface area (Å²) in [5.41, 5.74) is 0. The van der Waals surface area contributed by atoms with Crippen molar-refractivity contribution in [2.75, 3.05) is 13.2 Å². The Morgan fingerprint density at radius 3 is 1.08 bits per heavy atom. The third kappa shape index (κ3) is 13.4. The molecule has 140 valence electrons. The van der Waals surface area contributed by atoms with Crippen LogP contribution in [0, 0.1) is 0 Å². The lowest BCUT2D eigenvalue weighted by Crippen LogP contribution is -2.06. The van der Waals surface area contributed by atoms with E-state index in [-0.39, 0.29) is 11.9 Å². The van der Waals surface area contributed by atoms with Gasteiger partial charge in [0.25, 0.3) is 0 Å². The van der Waals surface area contributed by atoms with E-state index in [4.69, 9.17) is 9.47 Å². The second kappa shape index (κ2) is 15.5.